The van der Waals surface area contributed by atoms with Crippen LogP contribution in [0.25, 0.3) is 0 Å². The smallest absolute Gasteiger partial charge is 0.333 e. The van der Waals surface area contributed by atoms with Gasteiger partial charge >= 0.3 is 5.97 Å². The average molecular weight is 250 g/mol. The molecule has 0 aromatic rings. The van der Waals surface area contributed by atoms with Gasteiger partial charge < -0.3 is 4.74 Å². The number of esters is 1. The molecule has 1 aliphatic carbocycles. The van der Waals surface area contributed by atoms with E-state index in [1.807, 2.05) is 0 Å². The van der Waals surface area contributed by atoms with E-state index in [2.05, 4.69) is 6.08 Å². The number of ether oxygens (including phenoxy) is 1. The first kappa shape index (κ1) is 14.7. The molecule has 0 atom stereocenters. The topological polar surface area (TPSA) is 43.4 Å². The van der Waals surface area contributed by atoms with E-state index in [-0.39, 0.29) is 11.8 Å². The van der Waals surface area contributed by atoms with Gasteiger partial charge in [0.25, 0.3) is 0 Å². The summed E-state index contributed by atoms with van der Waals surface area (Å²) in [5, 5.41) is 0. The molecule has 0 amide bonds. The van der Waals surface area contributed by atoms with Gasteiger partial charge in [0.15, 0.2) is 0 Å². The lowest BCUT2D eigenvalue weighted by Crippen LogP contribution is -2.11. The van der Waals surface area contributed by atoms with Crippen LogP contribution in [0, 0.1) is 0 Å². The van der Waals surface area contributed by atoms with Crippen molar-refractivity contribution in [2.45, 2.75) is 52.9 Å². The van der Waals surface area contributed by atoms with Crippen molar-refractivity contribution in [1.82, 2.24) is 0 Å². The van der Waals surface area contributed by atoms with Crippen LogP contribution in [-0.2, 0) is 14.3 Å². The maximum atomic E-state index is 11.8. The highest BCUT2D eigenvalue weighted by atomic mass is 16.5. The Labute approximate surface area is 109 Å². The lowest BCUT2D eigenvalue weighted by molar-refractivity contribution is -0.138. The molecule has 1 aliphatic rings. The Morgan fingerprint density at radius 3 is 2.50 bits per heavy atom. The quantitative estimate of drug-likeness (QED) is 0.555. The van der Waals surface area contributed by atoms with Crippen molar-refractivity contribution >= 4 is 11.8 Å². The van der Waals surface area contributed by atoms with E-state index >= 15 is 0 Å². The van der Waals surface area contributed by atoms with E-state index in [1.54, 1.807) is 20.8 Å². The maximum absolute atomic E-state index is 11.8. The van der Waals surface area contributed by atoms with E-state index in [9.17, 15) is 9.59 Å². The van der Waals surface area contributed by atoms with E-state index in [4.69, 9.17) is 4.74 Å². The Morgan fingerprint density at radius 2 is 2.00 bits per heavy atom. The first-order valence-electron chi connectivity index (χ1n) is 6.62. The van der Waals surface area contributed by atoms with Gasteiger partial charge in [-0.1, -0.05) is 6.08 Å². The standard InChI is InChI=1S/C15H22O3/c1-4-18-15(17)12(3)14(10-11(2)16)13-8-6-5-7-9-13/h8H,4-7,9-10H2,1-3H3/b14-12+. The predicted octanol–water partition coefficient (Wildman–Crippen LogP) is 3.35. The van der Waals surface area contributed by atoms with Crippen LogP contribution in [0.2, 0.25) is 0 Å². The lowest BCUT2D eigenvalue weighted by atomic mass is 9.88. The molecule has 100 valence electrons. The molecule has 0 aromatic heterocycles. The third-order valence-electron chi connectivity index (χ3n) is 3.14. The van der Waals surface area contributed by atoms with Crippen molar-refractivity contribution in [2.75, 3.05) is 6.61 Å². The molecule has 0 unspecified atom stereocenters. The fourth-order valence-corrected chi connectivity index (χ4v) is 2.21. The molecule has 1 rings (SSSR count). The summed E-state index contributed by atoms with van der Waals surface area (Å²) < 4.78 is 5.02. The highest BCUT2D eigenvalue weighted by molar-refractivity contribution is 5.92. The van der Waals surface area contributed by atoms with Crippen LogP contribution < -0.4 is 0 Å². The summed E-state index contributed by atoms with van der Waals surface area (Å²) in [6.07, 6.45) is 6.80. The molecule has 0 spiro atoms. The molecule has 18 heavy (non-hydrogen) atoms. The highest BCUT2D eigenvalue weighted by Gasteiger charge is 2.18. The number of Topliss-reactive ketones (excluding diaryl/α,β-unsaturated/α-hetero) is 1. The zero-order valence-electron chi connectivity index (χ0n) is 11.5. The zero-order valence-corrected chi connectivity index (χ0v) is 11.5. The first-order valence-corrected chi connectivity index (χ1v) is 6.62. The Kier molecular flexibility index (Phi) is 5.83. The van der Waals surface area contributed by atoms with Gasteiger partial charge in [-0.15, -0.1) is 0 Å². The zero-order chi connectivity index (χ0) is 13.5. The number of allylic oxidation sites excluding steroid dienone is 3. The van der Waals surface area contributed by atoms with Gasteiger partial charge in [0, 0.05) is 12.0 Å². The van der Waals surface area contributed by atoms with Gasteiger partial charge in [-0.2, -0.15) is 0 Å². The second-order valence-corrected chi connectivity index (χ2v) is 4.68. The van der Waals surface area contributed by atoms with Crippen LogP contribution in [0.5, 0.6) is 0 Å². The minimum Gasteiger partial charge on any atom is -0.463 e. The maximum Gasteiger partial charge on any atom is 0.333 e. The van der Waals surface area contributed by atoms with Gasteiger partial charge in [-0.25, -0.2) is 4.79 Å². The number of rotatable bonds is 5. The van der Waals surface area contributed by atoms with Gasteiger partial charge in [0.1, 0.15) is 5.78 Å². The summed E-state index contributed by atoms with van der Waals surface area (Å²) >= 11 is 0. The first-order chi connectivity index (χ1) is 8.56. The molecule has 3 heteroatoms. The number of hydrogen-bond acceptors (Lipinski definition) is 3. The Bertz CT molecular complexity index is 389. The SMILES string of the molecule is CCOC(=O)/C(C)=C(\CC(C)=O)C1=CCCCC1. The van der Waals surface area contributed by atoms with Gasteiger partial charge in [0.2, 0.25) is 0 Å². The average Bonchev–Trinajstić information content (AvgIpc) is 2.36. The molecule has 0 saturated heterocycles. The third kappa shape index (κ3) is 4.13. The summed E-state index contributed by atoms with van der Waals surface area (Å²) in [7, 11) is 0. The normalized spacial score (nSPS) is 16.7. The number of hydrogen-bond donors (Lipinski definition) is 0. The van der Waals surface area contributed by atoms with E-state index in [0.717, 1.165) is 30.4 Å². The Balaban J connectivity index is 3.02. The molecule has 0 saturated carbocycles. The summed E-state index contributed by atoms with van der Waals surface area (Å²) in [5.41, 5.74) is 2.61. The molecule has 0 N–H and O–H groups in total. The van der Waals surface area contributed by atoms with Crippen molar-refractivity contribution in [3.63, 3.8) is 0 Å². The van der Waals surface area contributed by atoms with E-state index in [1.165, 1.54) is 6.42 Å². The summed E-state index contributed by atoms with van der Waals surface area (Å²) in [6.45, 7) is 5.46. The Morgan fingerprint density at radius 1 is 1.28 bits per heavy atom. The summed E-state index contributed by atoms with van der Waals surface area (Å²) in [5.74, 6) is -0.222. The molecule has 0 radical (unpaired) electrons. The van der Waals surface area contributed by atoms with Crippen LogP contribution in [0.1, 0.15) is 52.9 Å². The monoisotopic (exact) mass is 250 g/mol. The predicted molar refractivity (Wildman–Crippen MR) is 71.2 cm³/mol. The van der Waals surface area contributed by atoms with Crippen LogP contribution >= 0.6 is 0 Å². The van der Waals surface area contributed by atoms with Crippen LogP contribution in [0.15, 0.2) is 22.8 Å². The second-order valence-electron chi connectivity index (χ2n) is 4.68. The molecule has 0 fully saturated rings. The minimum atomic E-state index is -0.305. The largest absolute Gasteiger partial charge is 0.463 e. The van der Waals surface area contributed by atoms with Gasteiger partial charge in [-0.3, -0.25) is 4.79 Å². The highest BCUT2D eigenvalue weighted by Crippen LogP contribution is 2.28. The number of carbonyl (C=O) groups is 2. The molecule has 0 aromatic carbocycles. The molecular formula is C15H22O3. The fourth-order valence-electron chi connectivity index (χ4n) is 2.21. The minimum absolute atomic E-state index is 0.0834. The molecule has 3 nitrogen and oxygen atoms in total. The van der Waals surface area contributed by atoms with Crippen molar-refractivity contribution < 1.29 is 14.3 Å². The molecular weight excluding hydrogens is 228 g/mol. The van der Waals surface area contributed by atoms with E-state index < -0.39 is 0 Å². The summed E-state index contributed by atoms with van der Waals surface area (Å²) in [6, 6.07) is 0. The van der Waals surface area contributed by atoms with Gasteiger partial charge in [0.05, 0.1) is 6.61 Å². The summed E-state index contributed by atoms with van der Waals surface area (Å²) in [4.78, 5) is 23.2. The molecule has 0 aliphatic heterocycles. The third-order valence-corrected chi connectivity index (χ3v) is 3.14. The van der Waals surface area contributed by atoms with Crippen molar-refractivity contribution in [2.24, 2.45) is 0 Å². The molecule has 0 bridgehead atoms. The lowest BCUT2D eigenvalue weighted by Gasteiger charge is -2.17. The van der Waals surface area contributed by atoms with Gasteiger partial charge in [-0.05, 0) is 57.6 Å². The fraction of sp³-hybridized carbons (Fsp3) is 0.600. The van der Waals surface area contributed by atoms with E-state index in [0.29, 0.717) is 18.6 Å². The van der Waals surface area contributed by atoms with Crippen molar-refractivity contribution in [3.8, 4) is 0 Å². The second kappa shape index (κ2) is 7.14. The van der Waals surface area contributed by atoms with Crippen molar-refractivity contribution in [1.29, 1.82) is 0 Å². The van der Waals surface area contributed by atoms with Crippen LogP contribution in [0.3, 0.4) is 0 Å². The Hall–Kier alpha value is -1.38. The van der Waals surface area contributed by atoms with Crippen molar-refractivity contribution in [3.05, 3.63) is 22.8 Å². The van der Waals surface area contributed by atoms with Crippen LogP contribution in [-0.4, -0.2) is 18.4 Å². The molecule has 0 heterocycles. The number of ketones is 1. The van der Waals surface area contributed by atoms with Crippen LogP contribution in [0.4, 0.5) is 0 Å². The number of carbonyl (C=O) groups excluding carboxylic acids is 2.